The van der Waals surface area contributed by atoms with E-state index in [2.05, 4.69) is 0 Å². The second-order valence-electron chi connectivity index (χ2n) is 4.71. The molecular weight excluding hydrogens is 287 g/mol. The SMILES string of the molecule is CC(CO)OCC(C)O[P+](=O)OC(C)COC(C)CO. The monoisotopic (exact) mass is 313 g/mol. The highest BCUT2D eigenvalue weighted by Crippen LogP contribution is 2.28. The molecule has 0 aromatic carbocycles. The lowest BCUT2D eigenvalue weighted by molar-refractivity contribution is -0.0252. The van der Waals surface area contributed by atoms with Gasteiger partial charge in [0.25, 0.3) is 0 Å². The molecule has 120 valence electrons. The molecule has 0 aromatic rings. The minimum Gasteiger partial charge on any atom is -0.394 e. The van der Waals surface area contributed by atoms with Gasteiger partial charge in [-0.25, -0.2) is 0 Å². The summed E-state index contributed by atoms with van der Waals surface area (Å²) in [5, 5.41) is 17.6. The number of aliphatic hydroxyl groups is 2. The highest BCUT2D eigenvalue weighted by Gasteiger charge is 2.28. The Balaban J connectivity index is 3.80. The Kier molecular flexibility index (Phi) is 11.4. The van der Waals surface area contributed by atoms with Gasteiger partial charge in [-0.05, 0) is 27.7 Å². The van der Waals surface area contributed by atoms with Crippen molar-refractivity contribution in [2.45, 2.75) is 52.1 Å². The molecule has 7 nitrogen and oxygen atoms in total. The summed E-state index contributed by atoms with van der Waals surface area (Å²) in [7, 11) is -2.26. The van der Waals surface area contributed by atoms with Crippen LogP contribution in [0.5, 0.6) is 0 Å². The summed E-state index contributed by atoms with van der Waals surface area (Å²) >= 11 is 0. The van der Waals surface area contributed by atoms with E-state index in [0.29, 0.717) is 0 Å². The third-order valence-electron chi connectivity index (χ3n) is 2.28. The molecule has 2 N–H and O–H groups in total. The van der Waals surface area contributed by atoms with Crippen molar-refractivity contribution >= 4 is 8.25 Å². The Morgan fingerprint density at radius 3 is 1.45 bits per heavy atom. The zero-order valence-corrected chi connectivity index (χ0v) is 13.4. The fraction of sp³-hybridized carbons (Fsp3) is 1.00. The summed E-state index contributed by atoms with van der Waals surface area (Å²) in [6.07, 6.45) is -1.38. The fourth-order valence-electron chi connectivity index (χ4n) is 1.08. The Bertz CT molecular complexity index is 240. The molecule has 0 amide bonds. The van der Waals surface area contributed by atoms with Crippen LogP contribution in [-0.2, 0) is 23.1 Å². The van der Waals surface area contributed by atoms with Crippen molar-refractivity contribution in [3.63, 3.8) is 0 Å². The summed E-state index contributed by atoms with van der Waals surface area (Å²) in [6, 6.07) is 0. The molecule has 0 bridgehead atoms. The minimum absolute atomic E-state index is 0.0766. The van der Waals surface area contributed by atoms with E-state index in [1.54, 1.807) is 27.7 Å². The number of aliphatic hydroxyl groups excluding tert-OH is 2. The van der Waals surface area contributed by atoms with Gasteiger partial charge in [0.1, 0.15) is 12.2 Å². The molecule has 0 fully saturated rings. The normalized spacial score (nSPS) is 18.4. The summed E-state index contributed by atoms with van der Waals surface area (Å²) < 4.78 is 32.3. The molecule has 0 aliphatic heterocycles. The second kappa shape index (κ2) is 11.5. The van der Waals surface area contributed by atoms with Gasteiger partial charge in [-0.2, -0.15) is 0 Å². The van der Waals surface area contributed by atoms with Crippen molar-refractivity contribution in [1.29, 1.82) is 0 Å². The van der Waals surface area contributed by atoms with Crippen LogP contribution in [0.3, 0.4) is 0 Å². The molecule has 0 heterocycles. The summed E-state index contributed by atoms with van der Waals surface area (Å²) in [6.45, 7) is 7.15. The number of rotatable bonds is 12. The van der Waals surface area contributed by atoms with E-state index in [0.717, 1.165) is 0 Å². The van der Waals surface area contributed by atoms with Crippen LogP contribution in [0.25, 0.3) is 0 Å². The van der Waals surface area contributed by atoms with Crippen LogP contribution in [-0.4, -0.2) is 61.1 Å². The molecule has 4 atom stereocenters. The molecule has 0 aromatic heterocycles. The standard InChI is InChI=1S/C12H26O7P/c1-9(5-13)16-7-11(3)18-20(15)19-12(4)8-17-10(2)6-14/h9-14H,5-8H2,1-4H3/q+1. The van der Waals surface area contributed by atoms with Gasteiger partial charge in [-0.1, -0.05) is 0 Å². The molecule has 8 heteroatoms. The maximum absolute atomic E-state index is 11.6. The fourth-order valence-corrected chi connectivity index (χ4v) is 1.84. The molecule has 20 heavy (non-hydrogen) atoms. The lowest BCUT2D eigenvalue weighted by Gasteiger charge is -2.12. The lowest BCUT2D eigenvalue weighted by Crippen LogP contribution is -2.22. The van der Waals surface area contributed by atoms with Crippen LogP contribution in [0.2, 0.25) is 0 Å². The predicted molar refractivity (Wildman–Crippen MR) is 73.7 cm³/mol. The van der Waals surface area contributed by atoms with Gasteiger partial charge in [0.2, 0.25) is 0 Å². The van der Waals surface area contributed by atoms with Gasteiger partial charge in [0.15, 0.2) is 0 Å². The van der Waals surface area contributed by atoms with Crippen LogP contribution in [0.15, 0.2) is 0 Å². The molecule has 0 radical (unpaired) electrons. The number of hydrogen-bond donors (Lipinski definition) is 2. The van der Waals surface area contributed by atoms with Crippen molar-refractivity contribution in [3.05, 3.63) is 0 Å². The van der Waals surface area contributed by atoms with Crippen molar-refractivity contribution in [1.82, 2.24) is 0 Å². The largest absolute Gasteiger partial charge is 0.698 e. The van der Waals surface area contributed by atoms with Gasteiger partial charge in [-0.3, -0.25) is 0 Å². The predicted octanol–water partition coefficient (Wildman–Crippen LogP) is 1.25. The second-order valence-corrected chi connectivity index (χ2v) is 5.58. The highest BCUT2D eigenvalue weighted by atomic mass is 31.1. The van der Waals surface area contributed by atoms with Crippen LogP contribution < -0.4 is 0 Å². The first kappa shape index (κ1) is 19.9. The molecule has 0 spiro atoms. The summed E-state index contributed by atoms with van der Waals surface area (Å²) in [5.41, 5.74) is 0. The molecule has 0 aliphatic carbocycles. The smallest absolute Gasteiger partial charge is 0.394 e. The lowest BCUT2D eigenvalue weighted by atomic mass is 10.4. The topological polar surface area (TPSA) is 94.5 Å². The maximum atomic E-state index is 11.6. The van der Waals surface area contributed by atoms with Gasteiger partial charge >= 0.3 is 8.25 Å². The van der Waals surface area contributed by atoms with E-state index >= 15 is 0 Å². The van der Waals surface area contributed by atoms with E-state index in [9.17, 15) is 4.57 Å². The van der Waals surface area contributed by atoms with E-state index in [1.165, 1.54) is 0 Å². The average molecular weight is 313 g/mol. The van der Waals surface area contributed by atoms with Crippen molar-refractivity contribution in [2.75, 3.05) is 26.4 Å². The summed E-state index contributed by atoms with van der Waals surface area (Å²) in [4.78, 5) is 0. The van der Waals surface area contributed by atoms with Crippen molar-refractivity contribution < 1.29 is 33.3 Å². The van der Waals surface area contributed by atoms with E-state index < -0.39 is 20.5 Å². The van der Waals surface area contributed by atoms with Gasteiger partial charge < -0.3 is 19.7 Å². The first-order chi connectivity index (χ1) is 9.38. The van der Waals surface area contributed by atoms with Gasteiger partial charge in [0.05, 0.1) is 38.6 Å². The Morgan fingerprint density at radius 2 is 1.15 bits per heavy atom. The molecule has 4 unspecified atom stereocenters. The Hall–Kier alpha value is -0.140. The minimum atomic E-state index is -2.26. The number of ether oxygens (including phenoxy) is 2. The van der Waals surface area contributed by atoms with Crippen molar-refractivity contribution in [3.8, 4) is 0 Å². The molecular formula is C12H26O7P+. The number of hydrogen-bond acceptors (Lipinski definition) is 7. The zero-order chi connectivity index (χ0) is 15.5. The Morgan fingerprint density at radius 1 is 0.800 bits per heavy atom. The van der Waals surface area contributed by atoms with E-state index in [-0.39, 0.29) is 38.6 Å². The zero-order valence-electron chi connectivity index (χ0n) is 12.5. The summed E-state index contributed by atoms with van der Waals surface area (Å²) in [5.74, 6) is 0. The first-order valence-corrected chi connectivity index (χ1v) is 7.74. The quantitative estimate of drug-likeness (QED) is 0.524. The van der Waals surface area contributed by atoms with Gasteiger partial charge in [0, 0.05) is 4.57 Å². The molecule has 0 aliphatic rings. The van der Waals surface area contributed by atoms with Crippen LogP contribution in [0.1, 0.15) is 27.7 Å². The molecule has 0 rings (SSSR count). The molecule has 0 saturated carbocycles. The van der Waals surface area contributed by atoms with Crippen molar-refractivity contribution in [2.24, 2.45) is 0 Å². The first-order valence-electron chi connectivity index (χ1n) is 6.64. The highest BCUT2D eigenvalue weighted by molar-refractivity contribution is 7.33. The average Bonchev–Trinajstić information content (AvgIpc) is 2.41. The Labute approximate surface area is 121 Å². The third-order valence-corrected chi connectivity index (χ3v) is 3.34. The van der Waals surface area contributed by atoms with Gasteiger partial charge in [-0.15, -0.1) is 9.05 Å². The van der Waals surface area contributed by atoms with E-state index in [4.69, 9.17) is 28.7 Å². The van der Waals surface area contributed by atoms with E-state index in [1.807, 2.05) is 0 Å². The third kappa shape index (κ3) is 10.6. The van der Waals surface area contributed by atoms with Crippen LogP contribution in [0.4, 0.5) is 0 Å². The van der Waals surface area contributed by atoms with Crippen LogP contribution in [0, 0.1) is 0 Å². The van der Waals surface area contributed by atoms with Crippen LogP contribution >= 0.6 is 8.25 Å². The molecule has 0 saturated heterocycles. The maximum Gasteiger partial charge on any atom is 0.698 e.